The lowest BCUT2D eigenvalue weighted by molar-refractivity contribution is 0.112. The van der Waals surface area contributed by atoms with Crippen molar-refractivity contribution in [3.8, 4) is 0 Å². The third-order valence-corrected chi connectivity index (χ3v) is 3.10. The third-order valence-electron chi connectivity index (χ3n) is 2.80. The van der Waals surface area contributed by atoms with Crippen LogP contribution in [0, 0.1) is 5.92 Å². The Kier molecular flexibility index (Phi) is 4.81. The van der Waals surface area contributed by atoms with Gasteiger partial charge in [0.2, 0.25) is 0 Å². The second-order valence-corrected chi connectivity index (χ2v) is 4.63. The minimum Gasteiger partial charge on any atom is -0.373 e. The molecule has 1 unspecified atom stereocenters. The molecule has 88 valence electrons. The van der Waals surface area contributed by atoms with Crippen molar-refractivity contribution >= 4 is 23.6 Å². The highest BCUT2D eigenvalue weighted by atomic mass is 35.5. The average molecular weight is 240 g/mol. The molecule has 1 atom stereocenters. The number of anilines is 1. The maximum Gasteiger partial charge on any atom is 0.150 e. The Morgan fingerprint density at radius 2 is 2.19 bits per heavy atom. The largest absolute Gasteiger partial charge is 0.373 e. The lowest BCUT2D eigenvalue weighted by Crippen LogP contribution is -2.23. The summed E-state index contributed by atoms with van der Waals surface area (Å²) in [6, 6.07) is 5.40. The monoisotopic (exact) mass is 239 g/mol. The average Bonchev–Trinajstić information content (AvgIpc) is 2.28. The number of carbonyl (C=O) groups is 1. The van der Waals surface area contributed by atoms with E-state index in [4.69, 9.17) is 11.6 Å². The topological polar surface area (TPSA) is 20.3 Å². The highest BCUT2D eigenvalue weighted by Crippen LogP contribution is 2.26. The summed E-state index contributed by atoms with van der Waals surface area (Å²) < 4.78 is 0. The van der Waals surface area contributed by atoms with E-state index in [1.807, 2.05) is 13.1 Å². The SMILES string of the molecule is CCC(C)CN(C)c1ccc(C=O)cc1Cl. The van der Waals surface area contributed by atoms with E-state index in [2.05, 4.69) is 18.7 Å². The third kappa shape index (κ3) is 3.24. The predicted molar refractivity (Wildman–Crippen MR) is 69.6 cm³/mol. The standard InChI is InChI=1S/C13H18ClNO/c1-4-10(2)8-15(3)13-6-5-11(9-16)7-12(13)14/h5-7,9-10H,4,8H2,1-3H3. The Balaban J connectivity index is 2.83. The molecule has 0 bridgehead atoms. The summed E-state index contributed by atoms with van der Waals surface area (Å²) in [5.41, 5.74) is 1.60. The molecule has 0 aromatic heterocycles. The van der Waals surface area contributed by atoms with Gasteiger partial charge in [0.05, 0.1) is 10.7 Å². The molecule has 0 saturated heterocycles. The molecule has 0 heterocycles. The van der Waals surface area contributed by atoms with Crippen molar-refractivity contribution in [2.24, 2.45) is 5.92 Å². The van der Waals surface area contributed by atoms with Gasteiger partial charge in [-0.25, -0.2) is 0 Å². The number of nitrogens with zero attached hydrogens (tertiary/aromatic N) is 1. The van der Waals surface area contributed by atoms with Crippen LogP contribution in [0.15, 0.2) is 18.2 Å². The van der Waals surface area contributed by atoms with Crippen LogP contribution in [0.3, 0.4) is 0 Å². The summed E-state index contributed by atoms with van der Waals surface area (Å²) >= 11 is 6.13. The summed E-state index contributed by atoms with van der Waals surface area (Å²) in [5.74, 6) is 0.631. The van der Waals surface area contributed by atoms with E-state index in [-0.39, 0.29) is 0 Å². The van der Waals surface area contributed by atoms with Gasteiger partial charge in [-0.3, -0.25) is 4.79 Å². The second-order valence-electron chi connectivity index (χ2n) is 4.22. The van der Waals surface area contributed by atoms with E-state index in [0.29, 0.717) is 16.5 Å². The molecule has 3 heteroatoms. The van der Waals surface area contributed by atoms with E-state index in [1.165, 1.54) is 0 Å². The van der Waals surface area contributed by atoms with Crippen LogP contribution in [-0.2, 0) is 0 Å². The molecule has 0 radical (unpaired) electrons. The van der Waals surface area contributed by atoms with Crippen LogP contribution in [0.4, 0.5) is 5.69 Å². The fourth-order valence-corrected chi connectivity index (χ4v) is 1.93. The molecule has 0 aliphatic rings. The number of halogens is 1. The Morgan fingerprint density at radius 3 is 2.69 bits per heavy atom. The van der Waals surface area contributed by atoms with Gasteiger partial charge in [-0.05, 0) is 24.1 Å². The molecule has 1 rings (SSSR count). The van der Waals surface area contributed by atoms with Crippen molar-refractivity contribution in [1.29, 1.82) is 0 Å². The Bertz CT molecular complexity index is 365. The van der Waals surface area contributed by atoms with Crippen molar-refractivity contribution in [2.75, 3.05) is 18.5 Å². The van der Waals surface area contributed by atoms with E-state index < -0.39 is 0 Å². The van der Waals surface area contributed by atoms with Crippen molar-refractivity contribution in [3.05, 3.63) is 28.8 Å². The van der Waals surface area contributed by atoms with Crippen molar-refractivity contribution < 1.29 is 4.79 Å². The second kappa shape index (κ2) is 5.90. The predicted octanol–water partition coefficient (Wildman–Crippen LogP) is 3.63. The summed E-state index contributed by atoms with van der Waals surface area (Å²) in [7, 11) is 2.02. The first-order valence-electron chi connectivity index (χ1n) is 5.54. The number of aldehydes is 1. The molecule has 0 aliphatic carbocycles. The first-order chi connectivity index (χ1) is 7.58. The van der Waals surface area contributed by atoms with E-state index in [1.54, 1.807) is 12.1 Å². The molecule has 0 spiro atoms. The zero-order valence-corrected chi connectivity index (χ0v) is 10.8. The molecule has 16 heavy (non-hydrogen) atoms. The molecule has 0 saturated carbocycles. The van der Waals surface area contributed by atoms with Gasteiger partial charge < -0.3 is 4.90 Å². The van der Waals surface area contributed by atoms with Crippen LogP contribution >= 0.6 is 11.6 Å². The molecular formula is C13H18ClNO. The summed E-state index contributed by atoms with van der Waals surface area (Å²) in [6.45, 7) is 5.36. The molecule has 0 aliphatic heterocycles. The van der Waals surface area contributed by atoms with Crippen LogP contribution in [0.1, 0.15) is 30.6 Å². The smallest absolute Gasteiger partial charge is 0.150 e. The number of hydrogen-bond acceptors (Lipinski definition) is 2. The van der Waals surface area contributed by atoms with E-state index in [0.717, 1.165) is 24.9 Å². The lowest BCUT2D eigenvalue weighted by atomic mass is 10.1. The lowest BCUT2D eigenvalue weighted by Gasteiger charge is -2.23. The zero-order chi connectivity index (χ0) is 12.1. The molecule has 2 nitrogen and oxygen atoms in total. The van der Waals surface area contributed by atoms with Gasteiger partial charge in [-0.1, -0.05) is 31.9 Å². The minimum atomic E-state index is 0.616. The summed E-state index contributed by atoms with van der Waals surface area (Å²) in [4.78, 5) is 12.7. The van der Waals surface area contributed by atoms with Crippen molar-refractivity contribution in [1.82, 2.24) is 0 Å². The highest BCUT2D eigenvalue weighted by Gasteiger charge is 2.09. The van der Waals surface area contributed by atoms with Gasteiger partial charge >= 0.3 is 0 Å². The van der Waals surface area contributed by atoms with Crippen LogP contribution in [0.25, 0.3) is 0 Å². The number of rotatable bonds is 5. The van der Waals surface area contributed by atoms with Gasteiger partial charge in [0.15, 0.2) is 0 Å². The Hall–Kier alpha value is -1.02. The fraction of sp³-hybridized carbons (Fsp3) is 0.462. The first-order valence-corrected chi connectivity index (χ1v) is 5.92. The first kappa shape index (κ1) is 13.0. The van der Waals surface area contributed by atoms with Gasteiger partial charge in [0.25, 0.3) is 0 Å². The van der Waals surface area contributed by atoms with Gasteiger partial charge in [-0.15, -0.1) is 0 Å². The number of hydrogen-bond donors (Lipinski definition) is 0. The minimum absolute atomic E-state index is 0.616. The normalized spacial score (nSPS) is 12.2. The molecule has 0 N–H and O–H groups in total. The zero-order valence-electron chi connectivity index (χ0n) is 10.0. The van der Waals surface area contributed by atoms with E-state index in [9.17, 15) is 4.79 Å². The van der Waals surface area contributed by atoms with Crippen LogP contribution in [0.2, 0.25) is 5.02 Å². The van der Waals surface area contributed by atoms with Crippen LogP contribution in [-0.4, -0.2) is 19.9 Å². The fourth-order valence-electron chi connectivity index (χ4n) is 1.60. The Labute approximate surface area is 102 Å². The summed E-state index contributed by atoms with van der Waals surface area (Å²) in [6.07, 6.45) is 1.96. The maximum absolute atomic E-state index is 10.6. The Morgan fingerprint density at radius 1 is 1.50 bits per heavy atom. The summed E-state index contributed by atoms with van der Waals surface area (Å²) in [5, 5.41) is 0.635. The highest BCUT2D eigenvalue weighted by molar-refractivity contribution is 6.33. The molecular weight excluding hydrogens is 222 g/mol. The van der Waals surface area contributed by atoms with E-state index >= 15 is 0 Å². The van der Waals surface area contributed by atoms with Gasteiger partial charge in [0.1, 0.15) is 6.29 Å². The number of carbonyl (C=O) groups excluding carboxylic acids is 1. The molecule has 0 amide bonds. The van der Waals surface area contributed by atoms with Crippen LogP contribution < -0.4 is 4.90 Å². The van der Waals surface area contributed by atoms with Crippen molar-refractivity contribution in [2.45, 2.75) is 20.3 Å². The van der Waals surface area contributed by atoms with Crippen molar-refractivity contribution in [3.63, 3.8) is 0 Å². The molecule has 1 aromatic carbocycles. The van der Waals surface area contributed by atoms with Crippen LogP contribution in [0.5, 0.6) is 0 Å². The molecule has 1 aromatic rings. The quantitative estimate of drug-likeness (QED) is 0.732. The maximum atomic E-state index is 10.6. The number of benzene rings is 1. The van der Waals surface area contributed by atoms with Gasteiger partial charge in [0, 0.05) is 19.2 Å². The molecule has 0 fully saturated rings. The van der Waals surface area contributed by atoms with Gasteiger partial charge in [-0.2, -0.15) is 0 Å².